The van der Waals surface area contributed by atoms with Gasteiger partial charge in [0, 0.05) is 16.5 Å². The Morgan fingerprint density at radius 1 is 1.14 bits per heavy atom. The van der Waals surface area contributed by atoms with E-state index in [1.807, 2.05) is 24.3 Å². The highest BCUT2D eigenvalue weighted by Gasteiger charge is 2.25. The Morgan fingerprint density at radius 3 is 2.55 bits per heavy atom. The number of amides is 2. The van der Waals surface area contributed by atoms with Crippen LogP contribution in [0.3, 0.4) is 0 Å². The zero-order valence-electron chi connectivity index (χ0n) is 11.2. The van der Waals surface area contributed by atoms with Gasteiger partial charge in [-0.2, -0.15) is 0 Å². The van der Waals surface area contributed by atoms with Gasteiger partial charge in [-0.05, 0) is 38.5 Å². The van der Waals surface area contributed by atoms with Crippen LogP contribution in [0, 0.1) is 0 Å². The summed E-state index contributed by atoms with van der Waals surface area (Å²) in [6.45, 7) is 0. The molecule has 4 nitrogen and oxygen atoms in total. The maximum absolute atomic E-state index is 12.2. The van der Waals surface area contributed by atoms with E-state index in [1.54, 1.807) is 11.4 Å². The van der Waals surface area contributed by atoms with Crippen molar-refractivity contribution in [3.63, 3.8) is 0 Å². The summed E-state index contributed by atoms with van der Waals surface area (Å²) >= 11 is 10.8. The fourth-order valence-corrected chi connectivity index (χ4v) is 3.98. The van der Waals surface area contributed by atoms with Crippen LogP contribution in [0.25, 0.3) is 5.03 Å². The van der Waals surface area contributed by atoms with Crippen LogP contribution in [0.15, 0.2) is 45.8 Å². The van der Waals surface area contributed by atoms with Gasteiger partial charge in [0.15, 0.2) is 0 Å². The van der Waals surface area contributed by atoms with Gasteiger partial charge in [-0.1, -0.05) is 35.9 Å². The van der Waals surface area contributed by atoms with Crippen LogP contribution in [0.5, 0.6) is 0 Å². The van der Waals surface area contributed by atoms with Crippen LogP contribution in [-0.2, 0) is 11.2 Å². The molecule has 0 aliphatic heterocycles. The number of nitrogens with one attached hydrogen (secondary N) is 2. The molecule has 0 unspecified atom stereocenters. The zero-order chi connectivity index (χ0) is 15.7. The Bertz CT molecular complexity index is 800. The number of benzene rings is 1. The van der Waals surface area contributed by atoms with Gasteiger partial charge >= 0.3 is 0 Å². The summed E-state index contributed by atoms with van der Waals surface area (Å²) in [5.41, 5.74) is 7.13. The Morgan fingerprint density at radius 2 is 1.86 bits per heavy atom. The molecule has 1 aromatic heterocycles. The molecule has 0 saturated carbocycles. The lowest BCUT2D eigenvalue weighted by atomic mass is 10.1. The minimum atomic E-state index is -0.401. The summed E-state index contributed by atoms with van der Waals surface area (Å²) in [5.74, 6) is -0.773. The van der Waals surface area contributed by atoms with Gasteiger partial charge < -0.3 is 0 Å². The van der Waals surface area contributed by atoms with Crippen molar-refractivity contribution in [3.8, 4) is 0 Å². The fourth-order valence-electron chi connectivity index (χ4n) is 2.20. The largest absolute Gasteiger partial charge is 0.280 e. The van der Waals surface area contributed by atoms with Crippen molar-refractivity contribution < 1.29 is 9.59 Å². The molecule has 0 fully saturated rings. The summed E-state index contributed by atoms with van der Waals surface area (Å²) in [6, 6.07) is 9.35. The number of carbonyl (C=O) groups is 2. The normalized spacial score (nSPS) is 13.0. The van der Waals surface area contributed by atoms with Gasteiger partial charge in [-0.15, -0.1) is 11.3 Å². The molecule has 2 N–H and O–H groups in total. The van der Waals surface area contributed by atoms with Crippen molar-refractivity contribution in [3.05, 3.63) is 61.8 Å². The molecule has 0 atom stereocenters. The fraction of sp³-hybridized carbons (Fsp3) is 0.0667. The highest BCUT2D eigenvalue weighted by atomic mass is 79.9. The number of halogens is 2. The zero-order valence-corrected chi connectivity index (χ0v) is 14.3. The van der Waals surface area contributed by atoms with Crippen LogP contribution in [0.2, 0.25) is 0 Å². The average Bonchev–Trinajstić information content (AvgIpc) is 3.09. The monoisotopic (exact) mass is 396 g/mol. The van der Waals surface area contributed by atoms with Crippen molar-refractivity contribution in [1.29, 1.82) is 0 Å². The maximum Gasteiger partial charge on any atom is 0.280 e. The smallest absolute Gasteiger partial charge is 0.268 e. The molecule has 1 aliphatic carbocycles. The molecule has 1 aromatic carbocycles. The SMILES string of the molecule is O=C(NNC(=O)c1sccc1Br)C1=C(Cl)c2ccccc2C1. The third kappa shape index (κ3) is 2.82. The van der Waals surface area contributed by atoms with Gasteiger partial charge in [0.2, 0.25) is 0 Å². The summed E-state index contributed by atoms with van der Waals surface area (Å²) < 4.78 is 0.690. The molecule has 2 aromatic rings. The first-order chi connectivity index (χ1) is 10.6. The molecule has 7 heteroatoms. The van der Waals surface area contributed by atoms with Gasteiger partial charge in [0.1, 0.15) is 4.88 Å². The lowest BCUT2D eigenvalue weighted by Crippen LogP contribution is -2.42. The number of fused-ring (bicyclic) bond motifs is 1. The Labute approximate surface area is 144 Å². The topological polar surface area (TPSA) is 58.2 Å². The average molecular weight is 398 g/mol. The second-order valence-corrected chi connectivity index (χ2v) is 6.78. The van der Waals surface area contributed by atoms with Crippen molar-refractivity contribution in [1.82, 2.24) is 10.9 Å². The number of thiophene rings is 1. The number of hydrogen-bond donors (Lipinski definition) is 2. The Hall–Kier alpha value is -1.63. The first-order valence-corrected chi connectivity index (χ1v) is 8.43. The summed E-state index contributed by atoms with van der Waals surface area (Å²) in [7, 11) is 0. The number of carbonyl (C=O) groups excluding carboxylic acids is 2. The first-order valence-electron chi connectivity index (χ1n) is 6.38. The molecule has 2 amide bonds. The van der Waals surface area contributed by atoms with E-state index in [0.717, 1.165) is 11.1 Å². The van der Waals surface area contributed by atoms with E-state index in [4.69, 9.17) is 11.6 Å². The maximum atomic E-state index is 12.2. The van der Waals surface area contributed by atoms with Crippen LogP contribution in [-0.4, -0.2) is 11.8 Å². The highest BCUT2D eigenvalue weighted by Crippen LogP contribution is 2.35. The van der Waals surface area contributed by atoms with Gasteiger partial charge in [-0.25, -0.2) is 0 Å². The second-order valence-electron chi connectivity index (χ2n) is 4.63. The molecule has 22 heavy (non-hydrogen) atoms. The summed E-state index contributed by atoms with van der Waals surface area (Å²) in [5, 5.41) is 2.22. The highest BCUT2D eigenvalue weighted by molar-refractivity contribution is 9.10. The van der Waals surface area contributed by atoms with Crippen molar-refractivity contribution in [2.75, 3.05) is 0 Å². The minimum absolute atomic E-state index is 0.373. The predicted octanol–water partition coefficient (Wildman–Crippen LogP) is 3.48. The predicted molar refractivity (Wildman–Crippen MR) is 90.5 cm³/mol. The van der Waals surface area contributed by atoms with E-state index in [-0.39, 0.29) is 5.91 Å². The Kier molecular flexibility index (Phi) is 4.33. The third-order valence-corrected chi connectivity index (χ3v) is 5.54. The number of rotatable bonds is 2. The third-order valence-electron chi connectivity index (χ3n) is 3.27. The van der Waals surface area contributed by atoms with E-state index >= 15 is 0 Å². The molecule has 0 radical (unpaired) electrons. The van der Waals surface area contributed by atoms with Crippen LogP contribution in [0.4, 0.5) is 0 Å². The molecule has 0 spiro atoms. The lowest BCUT2D eigenvalue weighted by molar-refractivity contribution is -0.118. The molecule has 112 valence electrons. The van der Waals surface area contributed by atoms with E-state index < -0.39 is 5.91 Å². The summed E-state index contributed by atoms with van der Waals surface area (Å²) in [4.78, 5) is 24.7. The van der Waals surface area contributed by atoms with Crippen molar-refractivity contribution >= 4 is 55.7 Å². The standard InChI is InChI=1S/C15H10BrClN2O2S/c16-11-5-6-22-13(11)15(21)19-18-14(20)10-7-8-3-1-2-4-9(8)12(10)17/h1-6H,7H2,(H,18,20)(H,19,21). The molecule has 1 aliphatic rings. The quantitative estimate of drug-likeness (QED) is 0.762. The van der Waals surface area contributed by atoms with Gasteiger partial charge in [0.05, 0.1) is 5.03 Å². The van der Waals surface area contributed by atoms with Gasteiger partial charge in [0.25, 0.3) is 11.8 Å². The van der Waals surface area contributed by atoms with E-state index in [0.29, 0.717) is 26.4 Å². The van der Waals surface area contributed by atoms with E-state index in [9.17, 15) is 9.59 Å². The minimum Gasteiger partial charge on any atom is -0.268 e. The molecule has 1 heterocycles. The number of hydrogen-bond acceptors (Lipinski definition) is 3. The van der Waals surface area contributed by atoms with E-state index in [2.05, 4.69) is 26.8 Å². The summed E-state index contributed by atoms with van der Waals surface area (Å²) in [6.07, 6.45) is 0.458. The Balaban J connectivity index is 1.68. The molecular formula is C15H10BrClN2O2S. The molecule has 3 rings (SSSR count). The van der Waals surface area contributed by atoms with Gasteiger partial charge in [-0.3, -0.25) is 20.4 Å². The lowest BCUT2D eigenvalue weighted by Gasteiger charge is -2.07. The van der Waals surface area contributed by atoms with Crippen LogP contribution in [0.1, 0.15) is 20.8 Å². The molecule has 0 saturated heterocycles. The first kappa shape index (κ1) is 15.3. The number of hydrazine groups is 1. The molecule has 0 bridgehead atoms. The van der Waals surface area contributed by atoms with Crippen molar-refractivity contribution in [2.45, 2.75) is 6.42 Å². The van der Waals surface area contributed by atoms with E-state index in [1.165, 1.54) is 11.3 Å². The molecular weight excluding hydrogens is 388 g/mol. The van der Waals surface area contributed by atoms with Crippen LogP contribution >= 0.6 is 38.9 Å². The van der Waals surface area contributed by atoms with Crippen LogP contribution < -0.4 is 10.9 Å². The second kappa shape index (κ2) is 6.24. The van der Waals surface area contributed by atoms with Crippen molar-refractivity contribution in [2.24, 2.45) is 0 Å².